The second kappa shape index (κ2) is 7.54. The summed E-state index contributed by atoms with van der Waals surface area (Å²) >= 11 is 0.924. The molecule has 30 heavy (non-hydrogen) atoms. The minimum atomic E-state index is -0.284. The van der Waals surface area contributed by atoms with Gasteiger partial charge in [-0.3, -0.25) is 14.2 Å². The van der Waals surface area contributed by atoms with E-state index in [1.807, 2.05) is 12.3 Å². The summed E-state index contributed by atoms with van der Waals surface area (Å²) in [6.45, 7) is 1.76. The van der Waals surface area contributed by atoms with Crippen LogP contribution in [0.25, 0.3) is 11.0 Å². The number of ketones is 1. The average molecular weight is 428 g/mol. The molecule has 158 valence electrons. The number of fused-ring (bicyclic) bond motifs is 1. The molecular weight excluding hydrogens is 402 g/mol. The number of nitrogens with one attached hydrogen (secondary N) is 1. The summed E-state index contributed by atoms with van der Waals surface area (Å²) in [5.74, 6) is 0.814. The lowest BCUT2D eigenvalue weighted by molar-refractivity contribution is -0.124. The van der Waals surface area contributed by atoms with Gasteiger partial charge in [0.1, 0.15) is 17.8 Å². The maximum Gasteiger partial charge on any atom is 0.310 e. The molecular formula is C21H25N5O3S. The van der Waals surface area contributed by atoms with E-state index in [2.05, 4.69) is 19.9 Å². The van der Waals surface area contributed by atoms with E-state index in [0.29, 0.717) is 0 Å². The summed E-state index contributed by atoms with van der Waals surface area (Å²) in [5.41, 5.74) is 1.09. The Labute approximate surface area is 177 Å². The number of aromatic nitrogens is 4. The van der Waals surface area contributed by atoms with Crippen LogP contribution in [0.5, 0.6) is 5.88 Å². The summed E-state index contributed by atoms with van der Waals surface area (Å²) < 4.78 is 1.18. The summed E-state index contributed by atoms with van der Waals surface area (Å²) in [6, 6.07) is 2.02. The summed E-state index contributed by atoms with van der Waals surface area (Å²) in [5, 5.41) is 12.3. The number of hydrogen-bond acceptors (Lipinski definition) is 7. The van der Waals surface area contributed by atoms with Crippen LogP contribution in [0.3, 0.4) is 0 Å². The van der Waals surface area contributed by atoms with Crippen molar-refractivity contribution in [2.45, 2.75) is 45.1 Å². The summed E-state index contributed by atoms with van der Waals surface area (Å²) in [6.07, 6.45) is 9.37. The van der Waals surface area contributed by atoms with E-state index >= 15 is 0 Å². The molecule has 1 atom stereocenters. The van der Waals surface area contributed by atoms with Crippen LogP contribution in [0, 0.1) is 11.3 Å². The molecule has 8 nitrogen and oxygen atoms in total. The Morgan fingerprint density at radius 1 is 1.30 bits per heavy atom. The molecule has 1 spiro atoms. The number of carbonyl (C=O) groups excluding carboxylic acids is 1. The zero-order valence-electron chi connectivity index (χ0n) is 16.7. The smallest absolute Gasteiger partial charge is 0.310 e. The molecule has 0 radical (unpaired) electrons. The topological polar surface area (TPSA) is 104 Å². The van der Waals surface area contributed by atoms with E-state index < -0.39 is 0 Å². The Bertz CT molecular complexity index is 1130. The van der Waals surface area contributed by atoms with E-state index in [1.54, 1.807) is 6.33 Å². The first-order valence-electron chi connectivity index (χ1n) is 10.5. The van der Waals surface area contributed by atoms with Crippen LogP contribution in [-0.2, 0) is 11.3 Å². The highest BCUT2D eigenvalue weighted by Crippen LogP contribution is 2.52. The minimum absolute atomic E-state index is 0.0363. The zero-order valence-corrected chi connectivity index (χ0v) is 17.5. The van der Waals surface area contributed by atoms with Crippen LogP contribution in [0.4, 0.5) is 5.82 Å². The Morgan fingerprint density at radius 2 is 2.17 bits per heavy atom. The van der Waals surface area contributed by atoms with Crippen LogP contribution in [0.15, 0.2) is 28.8 Å². The molecule has 1 unspecified atom stereocenters. The molecule has 2 aliphatic rings. The van der Waals surface area contributed by atoms with Crippen molar-refractivity contribution < 1.29 is 9.90 Å². The Kier molecular flexibility index (Phi) is 4.85. The lowest BCUT2D eigenvalue weighted by Gasteiger charge is -2.28. The first kappa shape index (κ1) is 19.3. The number of H-pyrrole nitrogens is 1. The van der Waals surface area contributed by atoms with Crippen molar-refractivity contribution in [3.63, 3.8) is 0 Å². The number of nitrogens with zero attached hydrogens (tertiary/aromatic N) is 4. The number of aromatic amines is 1. The van der Waals surface area contributed by atoms with E-state index in [-0.39, 0.29) is 34.4 Å². The maximum absolute atomic E-state index is 13.0. The molecule has 0 aromatic carbocycles. The van der Waals surface area contributed by atoms with Crippen LogP contribution < -0.4 is 9.77 Å². The van der Waals surface area contributed by atoms with Gasteiger partial charge < -0.3 is 15.0 Å². The van der Waals surface area contributed by atoms with Crippen molar-refractivity contribution >= 4 is 34.0 Å². The molecule has 1 aliphatic heterocycles. The van der Waals surface area contributed by atoms with Crippen LogP contribution in [0.1, 0.15) is 38.5 Å². The van der Waals surface area contributed by atoms with Crippen molar-refractivity contribution in [2.75, 3.05) is 18.0 Å². The molecule has 1 saturated heterocycles. The molecule has 0 amide bonds. The molecule has 1 aliphatic carbocycles. The number of carbonyl (C=O) groups is 1. The van der Waals surface area contributed by atoms with Crippen molar-refractivity contribution in [2.24, 2.45) is 11.3 Å². The molecule has 2 fully saturated rings. The third-order valence-corrected chi connectivity index (χ3v) is 7.40. The van der Waals surface area contributed by atoms with Gasteiger partial charge in [0.25, 0.3) is 0 Å². The number of thiazole rings is 1. The maximum atomic E-state index is 13.0. The molecule has 1 saturated carbocycles. The highest BCUT2D eigenvalue weighted by Gasteiger charge is 2.45. The number of aromatic hydroxyl groups is 1. The van der Waals surface area contributed by atoms with Gasteiger partial charge in [-0.15, -0.1) is 0 Å². The third kappa shape index (κ3) is 3.62. The van der Waals surface area contributed by atoms with Gasteiger partial charge in [-0.25, -0.2) is 9.97 Å². The third-order valence-electron chi connectivity index (χ3n) is 6.65. The molecule has 3 aromatic rings. The summed E-state index contributed by atoms with van der Waals surface area (Å²) in [4.78, 5) is 39.0. The Morgan fingerprint density at radius 3 is 2.93 bits per heavy atom. The first-order chi connectivity index (χ1) is 14.5. The predicted octanol–water partition coefficient (Wildman–Crippen LogP) is 2.93. The monoisotopic (exact) mass is 427 g/mol. The van der Waals surface area contributed by atoms with Gasteiger partial charge >= 0.3 is 4.87 Å². The van der Waals surface area contributed by atoms with Gasteiger partial charge in [0.2, 0.25) is 5.88 Å². The van der Waals surface area contributed by atoms with Crippen molar-refractivity contribution in [1.82, 2.24) is 19.5 Å². The standard InChI is InChI=1S/C21H25N5O3S/c27-16(10-26-17(28)11-30-20(26)29)14-2-1-9-25(12-21(5-3-14)6-7-21)19-15-4-8-22-18(15)23-13-24-19/h4,8,11,13-14,28H,1-3,5-7,9-10,12H2,(H,22,23,24). The van der Waals surface area contributed by atoms with Crippen molar-refractivity contribution in [1.29, 1.82) is 0 Å². The largest absolute Gasteiger partial charge is 0.494 e. The fraction of sp³-hybridized carbons (Fsp3) is 0.524. The fourth-order valence-electron chi connectivity index (χ4n) is 4.67. The zero-order chi connectivity index (χ0) is 20.7. The molecule has 0 bridgehead atoms. The number of hydrogen-bond donors (Lipinski definition) is 2. The average Bonchev–Trinajstić information content (AvgIpc) is 3.16. The SMILES string of the molecule is O=C(Cn1c(O)csc1=O)C1CCCN(c2ncnc3[nH]ccc23)CC2(CC1)CC2. The van der Waals surface area contributed by atoms with E-state index in [4.69, 9.17) is 0 Å². The van der Waals surface area contributed by atoms with Crippen LogP contribution in [0.2, 0.25) is 0 Å². The lowest BCUT2D eigenvalue weighted by Crippen LogP contribution is -2.32. The normalized spacial score (nSPS) is 21.3. The van der Waals surface area contributed by atoms with Crippen molar-refractivity contribution in [3.05, 3.63) is 33.6 Å². The van der Waals surface area contributed by atoms with E-state index in [1.165, 1.54) is 22.8 Å². The van der Waals surface area contributed by atoms with Gasteiger partial charge in [-0.1, -0.05) is 11.3 Å². The summed E-state index contributed by atoms with van der Waals surface area (Å²) in [7, 11) is 0. The molecule has 4 heterocycles. The molecule has 9 heteroatoms. The predicted molar refractivity (Wildman–Crippen MR) is 115 cm³/mol. The van der Waals surface area contributed by atoms with E-state index in [9.17, 15) is 14.7 Å². The Balaban J connectivity index is 1.35. The highest BCUT2D eigenvalue weighted by molar-refractivity contribution is 7.07. The second-order valence-electron chi connectivity index (χ2n) is 8.65. The van der Waals surface area contributed by atoms with Gasteiger partial charge in [0.05, 0.1) is 17.3 Å². The van der Waals surface area contributed by atoms with Crippen LogP contribution in [-0.4, -0.2) is 43.5 Å². The number of rotatable bonds is 4. The quantitative estimate of drug-likeness (QED) is 0.663. The molecule has 2 N–H and O–H groups in total. The highest BCUT2D eigenvalue weighted by atomic mass is 32.1. The second-order valence-corrected chi connectivity index (χ2v) is 9.47. The first-order valence-corrected chi connectivity index (χ1v) is 11.4. The van der Waals surface area contributed by atoms with Gasteiger partial charge in [0.15, 0.2) is 5.78 Å². The lowest BCUT2D eigenvalue weighted by atomic mass is 9.88. The molecule has 5 rings (SSSR count). The Hall–Kier alpha value is -2.68. The minimum Gasteiger partial charge on any atom is -0.494 e. The molecule has 3 aromatic heterocycles. The van der Waals surface area contributed by atoms with Gasteiger partial charge in [0, 0.05) is 25.2 Å². The fourth-order valence-corrected chi connectivity index (χ4v) is 5.29. The van der Waals surface area contributed by atoms with Crippen LogP contribution >= 0.6 is 11.3 Å². The van der Waals surface area contributed by atoms with E-state index in [0.717, 1.165) is 67.0 Å². The number of Topliss-reactive ketones (excluding diaryl/α,β-unsaturated/α-hetero) is 1. The number of anilines is 1. The van der Waals surface area contributed by atoms with Gasteiger partial charge in [-0.2, -0.15) is 0 Å². The van der Waals surface area contributed by atoms with Crippen molar-refractivity contribution in [3.8, 4) is 5.88 Å². The van der Waals surface area contributed by atoms with Gasteiger partial charge in [-0.05, 0) is 50.0 Å².